The molecule has 3 aromatic rings. The maximum absolute atomic E-state index is 12.3. The van der Waals surface area contributed by atoms with Gasteiger partial charge >= 0.3 is 0 Å². The largest absolute Gasteiger partial charge is 0.376 e. The number of hydrogen-bond acceptors (Lipinski definition) is 4. The molecule has 1 atom stereocenters. The lowest BCUT2D eigenvalue weighted by atomic mass is 10.1. The Labute approximate surface area is 144 Å². The number of nitrogens with zero attached hydrogens (tertiary/aromatic N) is 3. The van der Waals surface area contributed by atoms with Crippen molar-refractivity contribution >= 4 is 16.8 Å². The zero-order valence-electron chi connectivity index (χ0n) is 13.6. The molecule has 2 aromatic heterocycles. The van der Waals surface area contributed by atoms with Gasteiger partial charge in [0.15, 0.2) is 0 Å². The van der Waals surface area contributed by atoms with E-state index in [0.717, 1.165) is 40.8 Å². The molecular weight excluding hydrogens is 320 g/mol. The van der Waals surface area contributed by atoms with E-state index in [2.05, 4.69) is 10.4 Å². The lowest BCUT2D eigenvalue weighted by Gasteiger charge is -2.10. The first-order chi connectivity index (χ1) is 12.2. The van der Waals surface area contributed by atoms with Gasteiger partial charge in [-0.3, -0.25) is 10.0 Å². The van der Waals surface area contributed by atoms with Crippen LogP contribution in [0.4, 0.5) is 0 Å². The molecule has 1 amide bonds. The maximum Gasteiger partial charge on any atom is 0.251 e. The summed E-state index contributed by atoms with van der Waals surface area (Å²) in [7, 11) is 0. The molecule has 3 heterocycles. The molecular formula is C18H19N4O3+. The number of benzene rings is 1. The quantitative estimate of drug-likeness (QED) is 0.557. The van der Waals surface area contributed by atoms with E-state index < -0.39 is 0 Å². The molecule has 25 heavy (non-hydrogen) atoms. The van der Waals surface area contributed by atoms with Gasteiger partial charge in [-0.15, -0.1) is 0 Å². The Balaban J connectivity index is 1.54. The second-order valence-electron chi connectivity index (χ2n) is 6.13. The summed E-state index contributed by atoms with van der Waals surface area (Å²) in [6.07, 6.45) is 7.09. The molecule has 0 bridgehead atoms. The maximum atomic E-state index is 12.3. The average Bonchev–Trinajstić information content (AvgIpc) is 3.28. The van der Waals surface area contributed by atoms with Crippen LogP contribution in [0.5, 0.6) is 0 Å². The second-order valence-corrected chi connectivity index (χ2v) is 6.13. The van der Waals surface area contributed by atoms with Gasteiger partial charge in [0.2, 0.25) is 12.4 Å². The summed E-state index contributed by atoms with van der Waals surface area (Å²) in [4.78, 5) is 12.3. The molecule has 0 aliphatic carbocycles. The van der Waals surface area contributed by atoms with Crippen molar-refractivity contribution in [3.63, 3.8) is 0 Å². The minimum absolute atomic E-state index is 0.113. The highest BCUT2D eigenvalue weighted by molar-refractivity contribution is 5.97. The van der Waals surface area contributed by atoms with Crippen LogP contribution in [-0.2, 0) is 4.74 Å². The van der Waals surface area contributed by atoms with Crippen molar-refractivity contribution in [2.24, 2.45) is 0 Å². The molecule has 0 spiro atoms. The van der Waals surface area contributed by atoms with Gasteiger partial charge in [-0.1, -0.05) is 0 Å². The molecule has 1 fully saturated rings. The van der Waals surface area contributed by atoms with Crippen molar-refractivity contribution in [2.75, 3.05) is 13.2 Å². The van der Waals surface area contributed by atoms with E-state index in [-0.39, 0.29) is 12.0 Å². The third-order valence-corrected chi connectivity index (χ3v) is 4.32. The van der Waals surface area contributed by atoms with Gasteiger partial charge in [0.1, 0.15) is 5.69 Å². The fraction of sp³-hybridized carbons (Fsp3) is 0.278. The summed E-state index contributed by atoms with van der Waals surface area (Å²) in [6, 6.07) is 8.98. The number of pyridine rings is 1. The molecule has 1 aliphatic heterocycles. The fourth-order valence-corrected chi connectivity index (χ4v) is 3.00. The molecule has 0 saturated carbocycles. The van der Waals surface area contributed by atoms with Crippen LogP contribution >= 0.6 is 0 Å². The van der Waals surface area contributed by atoms with E-state index in [1.54, 1.807) is 23.0 Å². The van der Waals surface area contributed by atoms with Crippen molar-refractivity contribution in [1.29, 1.82) is 0 Å². The Morgan fingerprint density at radius 3 is 3.16 bits per heavy atom. The Morgan fingerprint density at radius 2 is 2.36 bits per heavy atom. The standard InChI is InChI=1S/C18H18N4O3/c23-18(19-10-16-4-2-8-25-16)13-5-6-17-14(9-13)11-22(20-17)15-3-1-7-21(24)12-15/h1,3,5-7,9,11-12,16H,2,4,8,10H2,(H-,19,23,24)/p+1. The number of carbonyl (C=O) groups is 1. The number of nitrogens with one attached hydrogen (secondary N) is 1. The normalized spacial score (nSPS) is 17.0. The molecule has 0 radical (unpaired) electrons. The van der Waals surface area contributed by atoms with E-state index in [0.29, 0.717) is 12.1 Å². The predicted octanol–water partition coefficient (Wildman–Crippen LogP) is 1.46. The number of fused-ring (bicyclic) bond motifs is 1. The number of hydrogen-bond donors (Lipinski definition) is 2. The lowest BCUT2D eigenvalue weighted by molar-refractivity contribution is -0.904. The summed E-state index contributed by atoms with van der Waals surface area (Å²) in [5.74, 6) is -0.113. The van der Waals surface area contributed by atoms with Crippen molar-refractivity contribution < 1.29 is 19.5 Å². The van der Waals surface area contributed by atoms with Crippen LogP contribution < -0.4 is 10.0 Å². The van der Waals surface area contributed by atoms with Gasteiger partial charge in [0, 0.05) is 41.1 Å². The van der Waals surface area contributed by atoms with Gasteiger partial charge in [-0.05, 0) is 37.1 Å². The SMILES string of the molecule is O=C(NCC1CCCO1)c1ccc2nn(-c3ccc[n+](O)c3)cc2c1. The zero-order valence-corrected chi connectivity index (χ0v) is 13.6. The Hall–Kier alpha value is -2.93. The zero-order chi connectivity index (χ0) is 17.2. The second kappa shape index (κ2) is 6.52. The van der Waals surface area contributed by atoms with E-state index in [9.17, 15) is 10.0 Å². The van der Waals surface area contributed by atoms with Crippen molar-refractivity contribution in [3.05, 3.63) is 54.5 Å². The first-order valence-electron chi connectivity index (χ1n) is 8.29. The van der Waals surface area contributed by atoms with E-state index in [1.165, 1.54) is 6.20 Å². The number of carbonyl (C=O) groups excluding carboxylic acids is 1. The Bertz CT molecular complexity index is 916. The highest BCUT2D eigenvalue weighted by Gasteiger charge is 2.17. The minimum Gasteiger partial charge on any atom is -0.376 e. The number of aromatic nitrogens is 3. The molecule has 1 unspecified atom stereocenters. The summed E-state index contributed by atoms with van der Waals surface area (Å²) in [5, 5.41) is 17.8. The molecule has 128 valence electrons. The van der Waals surface area contributed by atoms with Crippen LogP contribution in [0.25, 0.3) is 16.6 Å². The van der Waals surface area contributed by atoms with Crippen LogP contribution in [0.1, 0.15) is 23.2 Å². The number of rotatable bonds is 4. The van der Waals surface area contributed by atoms with Gasteiger partial charge in [-0.2, -0.15) is 5.10 Å². The van der Waals surface area contributed by atoms with Gasteiger partial charge in [0.05, 0.1) is 11.6 Å². The summed E-state index contributed by atoms with van der Waals surface area (Å²) in [6.45, 7) is 1.32. The van der Waals surface area contributed by atoms with Crippen molar-refractivity contribution in [2.45, 2.75) is 18.9 Å². The average molecular weight is 339 g/mol. The predicted molar refractivity (Wildman–Crippen MR) is 89.8 cm³/mol. The highest BCUT2D eigenvalue weighted by Crippen LogP contribution is 2.17. The first kappa shape index (κ1) is 15.6. The molecule has 4 rings (SSSR count). The van der Waals surface area contributed by atoms with E-state index >= 15 is 0 Å². The third kappa shape index (κ3) is 3.32. The molecule has 7 nitrogen and oxygen atoms in total. The van der Waals surface area contributed by atoms with Crippen LogP contribution in [0.2, 0.25) is 0 Å². The number of amides is 1. The molecule has 7 heteroatoms. The first-order valence-corrected chi connectivity index (χ1v) is 8.29. The van der Waals surface area contributed by atoms with E-state index in [1.807, 2.05) is 24.4 Å². The van der Waals surface area contributed by atoms with Crippen LogP contribution in [-0.4, -0.2) is 40.2 Å². The molecule has 1 saturated heterocycles. The molecule has 1 aliphatic rings. The minimum atomic E-state index is -0.113. The number of ether oxygens (including phenoxy) is 1. The third-order valence-electron chi connectivity index (χ3n) is 4.32. The summed E-state index contributed by atoms with van der Waals surface area (Å²) < 4.78 is 8.17. The summed E-state index contributed by atoms with van der Waals surface area (Å²) in [5.41, 5.74) is 2.10. The van der Waals surface area contributed by atoms with Crippen LogP contribution in [0, 0.1) is 0 Å². The molecule has 1 aromatic carbocycles. The van der Waals surface area contributed by atoms with E-state index in [4.69, 9.17) is 4.74 Å². The fourth-order valence-electron chi connectivity index (χ4n) is 3.00. The van der Waals surface area contributed by atoms with Crippen LogP contribution in [0.3, 0.4) is 0 Å². The van der Waals surface area contributed by atoms with Crippen molar-refractivity contribution in [1.82, 2.24) is 15.1 Å². The topological polar surface area (TPSA) is 80.3 Å². The Kier molecular flexibility index (Phi) is 4.07. The lowest BCUT2D eigenvalue weighted by Crippen LogP contribution is -2.31. The smallest absolute Gasteiger partial charge is 0.251 e. The van der Waals surface area contributed by atoms with Crippen LogP contribution in [0.15, 0.2) is 48.9 Å². The monoisotopic (exact) mass is 339 g/mol. The Morgan fingerprint density at radius 1 is 1.44 bits per heavy atom. The molecule has 2 N–H and O–H groups in total. The summed E-state index contributed by atoms with van der Waals surface area (Å²) >= 11 is 0. The van der Waals surface area contributed by atoms with Gasteiger partial charge < -0.3 is 10.1 Å². The highest BCUT2D eigenvalue weighted by atomic mass is 16.5. The van der Waals surface area contributed by atoms with Gasteiger partial charge in [0.25, 0.3) is 5.91 Å². The van der Waals surface area contributed by atoms with Gasteiger partial charge in [-0.25, -0.2) is 4.68 Å². The van der Waals surface area contributed by atoms with Crippen molar-refractivity contribution in [3.8, 4) is 5.69 Å².